The molecule has 3 atom stereocenters. The van der Waals surface area contributed by atoms with Crippen LogP contribution in [0.5, 0.6) is 0 Å². The van der Waals surface area contributed by atoms with E-state index >= 15 is 0 Å². The van der Waals surface area contributed by atoms with Crippen molar-refractivity contribution < 1.29 is 13.2 Å². The number of rotatable bonds is 4. The van der Waals surface area contributed by atoms with Crippen molar-refractivity contribution >= 4 is 0 Å². The Bertz CT molecular complexity index is 456. The number of alkyl halides is 3. The zero-order valence-corrected chi connectivity index (χ0v) is 12.7. The second kappa shape index (κ2) is 6.82. The van der Waals surface area contributed by atoms with E-state index in [1.165, 1.54) is 25.0 Å². The smallest absolute Gasteiger partial charge is 0.307 e. The highest BCUT2D eigenvalue weighted by Gasteiger charge is 2.34. The van der Waals surface area contributed by atoms with Crippen molar-refractivity contribution in [3.05, 3.63) is 35.4 Å². The molecule has 1 aromatic rings. The minimum absolute atomic E-state index is 0.275. The molecule has 1 aromatic carbocycles. The van der Waals surface area contributed by atoms with Gasteiger partial charge in [-0.05, 0) is 37.3 Å². The molecule has 0 bridgehead atoms. The first-order valence-electron chi connectivity index (χ1n) is 7.84. The topological polar surface area (TPSA) is 12.0 Å². The molecule has 1 nitrogen and oxygen atoms in total. The molecule has 1 saturated carbocycles. The van der Waals surface area contributed by atoms with Gasteiger partial charge in [0.1, 0.15) is 0 Å². The fourth-order valence-electron chi connectivity index (χ4n) is 3.39. The molecule has 0 spiro atoms. The largest absolute Gasteiger partial charge is 0.416 e. The lowest BCUT2D eigenvalue weighted by atomic mass is 9.83. The molecular weight excluding hydrogens is 275 g/mol. The molecular formula is C17H24F3N. The summed E-state index contributed by atoms with van der Waals surface area (Å²) in [6.07, 6.45) is 1.44. The monoisotopic (exact) mass is 299 g/mol. The molecule has 118 valence electrons. The molecule has 3 unspecified atom stereocenters. The Morgan fingerprint density at radius 1 is 1.24 bits per heavy atom. The lowest BCUT2D eigenvalue weighted by Crippen LogP contribution is -2.36. The molecule has 4 heteroatoms. The summed E-state index contributed by atoms with van der Waals surface area (Å²) in [6.45, 7) is 4.02. The molecule has 1 aliphatic rings. The highest BCUT2D eigenvalue weighted by Crippen LogP contribution is 2.35. The first-order chi connectivity index (χ1) is 9.91. The third-order valence-corrected chi connectivity index (χ3v) is 4.58. The Balaban J connectivity index is 2.08. The lowest BCUT2D eigenvalue weighted by Gasteiger charge is -2.32. The van der Waals surface area contributed by atoms with Crippen molar-refractivity contribution in [3.8, 4) is 0 Å². The normalized spacial score (nSPS) is 24.8. The van der Waals surface area contributed by atoms with Gasteiger partial charge in [-0.25, -0.2) is 0 Å². The van der Waals surface area contributed by atoms with Gasteiger partial charge in [-0.2, -0.15) is 13.2 Å². The minimum atomic E-state index is -4.29. The quantitative estimate of drug-likeness (QED) is 0.793. The average Bonchev–Trinajstić information content (AvgIpc) is 2.46. The van der Waals surface area contributed by atoms with E-state index in [0.717, 1.165) is 19.3 Å². The fraction of sp³-hybridized carbons (Fsp3) is 0.647. The molecule has 0 radical (unpaired) electrons. The maximum absolute atomic E-state index is 13.1. The Hall–Kier alpha value is -1.03. The maximum Gasteiger partial charge on any atom is 0.416 e. The predicted octanol–water partition coefficient (Wildman–Crippen LogP) is 5.32. The van der Waals surface area contributed by atoms with Crippen molar-refractivity contribution in [2.75, 3.05) is 0 Å². The lowest BCUT2D eigenvalue weighted by molar-refractivity contribution is -0.138. The van der Waals surface area contributed by atoms with E-state index in [9.17, 15) is 13.2 Å². The number of hydrogen-bond acceptors (Lipinski definition) is 1. The molecule has 0 aliphatic heterocycles. The van der Waals surface area contributed by atoms with Gasteiger partial charge in [0.15, 0.2) is 0 Å². The van der Waals surface area contributed by atoms with Gasteiger partial charge in [0, 0.05) is 12.1 Å². The van der Waals surface area contributed by atoms with Crippen molar-refractivity contribution in [2.24, 2.45) is 5.92 Å². The van der Waals surface area contributed by atoms with E-state index in [-0.39, 0.29) is 6.04 Å². The number of hydrogen-bond donors (Lipinski definition) is 1. The third kappa shape index (κ3) is 4.22. The fourth-order valence-corrected chi connectivity index (χ4v) is 3.39. The number of nitrogens with one attached hydrogen (secondary N) is 1. The van der Waals surface area contributed by atoms with Gasteiger partial charge >= 0.3 is 6.18 Å². The van der Waals surface area contributed by atoms with E-state index in [1.54, 1.807) is 12.1 Å². The van der Waals surface area contributed by atoms with Crippen LogP contribution in [0, 0.1) is 5.92 Å². The van der Waals surface area contributed by atoms with Crippen LogP contribution in [0.2, 0.25) is 0 Å². The molecule has 0 heterocycles. The van der Waals surface area contributed by atoms with Gasteiger partial charge in [-0.15, -0.1) is 0 Å². The summed E-state index contributed by atoms with van der Waals surface area (Å²) in [4.78, 5) is 0. The Labute approximate surface area is 124 Å². The van der Waals surface area contributed by atoms with E-state index in [2.05, 4.69) is 12.2 Å². The number of halogens is 3. The van der Waals surface area contributed by atoms with Crippen LogP contribution in [-0.2, 0) is 6.18 Å². The molecule has 1 aliphatic carbocycles. The summed E-state index contributed by atoms with van der Waals surface area (Å²) >= 11 is 0. The zero-order valence-electron chi connectivity index (χ0n) is 12.7. The van der Waals surface area contributed by atoms with Crippen molar-refractivity contribution in [1.29, 1.82) is 0 Å². The van der Waals surface area contributed by atoms with Crippen molar-refractivity contribution in [3.63, 3.8) is 0 Å². The van der Waals surface area contributed by atoms with Crippen LogP contribution in [0.25, 0.3) is 0 Å². The van der Waals surface area contributed by atoms with Crippen LogP contribution < -0.4 is 5.32 Å². The van der Waals surface area contributed by atoms with Gasteiger partial charge in [0.25, 0.3) is 0 Å². The van der Waals surface area contributed by atoms with E-state index in [0.29, 0.717) is 17.5 Å². The molecule has 0 amide bonds. The van der Waals surface area contributed by atoms with E-state index < -0.39 is 11.7 Å². The van der Waals surface area contributed by atoms with Crippen LogP contribution in [-0.4, -0.2) is 6.04 Å². The van der Waals surface area contributed by atoms with Crippen LogP contribution in [0.1, 0.15) is 63.1 Å². The molecule has 2 rings (SSSR count). The molecule has 1 N–H and O–H groups in total. The third-order valence-electron chi connectivity index (χ3n) is 4.58. The zero-order chi connectivity index (χ0) is 15.5. The molecule has 21 heavy (non-hydrogen) atoms. The average molecular weight is 299 g/mol. The second-order valence-corrected chi connectivity index (χ2v) is 6.11. The highest BCUT2D eigenvalue weighted by molar-refractivity contribution is 5.32. The summed E-state index contributed by atoms with van der Waals surface area (Å²) < 4.78 is 39.2. The first kappa shape index (κ1) is 16.3. The van der Waals surface area contributed by atoms with Gasteiger partial charge in [-0.3, -0.25) is 0 Å². The predicted molar refractivity (Wildman–Crippen MR) is 79.0 cm³/mol. The Morgan fingerprint density at radius 3 is 2.62 bits per heavy atom. The maximum atomic E-state index is 13.1. The first-order valence-corrected chi connectivity index (χ1v) is 7.84. The SMILES string of the molecule is CCC1CCCC(NC(C)c2ccccc2C(F)(F)F)C1. The second-order valence-electron chi connectivity index (χ2n) is 6.11. The standard InChI is InChI=1S/C17H24F3N/c1-3-13-7-6-8-14(11-13)21-12(2)15-9-4-5-10-16(15)17(18,19)20/h4-5,9-10,12-14,21H,3,6-8,11H2,1-2H3. The summed E-state index contributed by atoms with van der Waals surface area (Å²) in [5.74, 6) is 0.710. The van der Waals surface area contributed by atoms with E-state index in [1.807, 2.05) is 6.92 Å². The highest BCUT2D eigenvalue weighted by atomic mass is 19.4. The van der Waals surface area contributed by atoms with E-state index in [4.69, 9.17) is 0 Å². The van der Waals surface area contributed by atoms with Gasteiger partial charge < -0.3 is 5.32 Å². The summed E-state index contributed by atoms with van der Waals surface area (Å²) in [5.41, 5.74) is -0.170. The molecule has 0 saturated heterocycles. The Kier molecular flexibility index (Phi) is 5.31. The minimum Gasteiger partial charge on any atom is -0.307 e. The summed E-state index contributed by atoms with van der Waals surface area (Å²) in [5, 5.41) is 3.41. The van der Waals surface area contributed by atoms with Crippen LogP contribution in [0.4, 0.5) is 13.2 Å². The van der Waals surface area contributed by atoms with Gasteiger partial charge in [-0.1, -0.05) is 44.4 Å². The van der Waals surface area contributed by atoms with Crippen molar-refractivity contribution in [2.45, 2.75) is 64.2 Å². The van der Waals surface area contributed by atoms with Crippen LogP contribution in [0.15, 0.2) is 24.3 Å². The summed E-state index contributed by atoms with van der Waals surface area (Å²) in [7, 11) is 0. The van der Waals surface area contributed by atoms with Gasteiger partial charge in [0.2, 0.25) is 0 Å². The number of benzene rings is 1. The Morgan fingerprint density at radius 2 is 1.95 bits per heavy atom. The molecule has 0 aromatic heterocycles. The molecule has 1 fully saturated rings. The van der Waals surface area contributed by atoms with Crippen molar-refractivity contribution in [1.82, 2.24) is 5.32 Å². The van der Waals surface area contributed by atoms with Crippen LogP contribution in [0.3, 0.4) is 0 Å². The summed E-state index contributed by atoms with van der Waals surface area (Å²) in [6, 6.07) is 5.94. The van der Waals surface area contributed by atoms with Gasteiger partial charge in [0.05, 0.1) is 5.56 Å². The van der Waals surface area contributed by atoms with Crippen LogP contribution >= 0.6 is 0 Å².